The summed E-state index contributed by atoms with van der Waals surface area (Å²) >= 11 is 0. The van der Waals surface area contributed by atoms with Gasteiger partial charge in [0.15, 0.2) is 5.82 Å². The van der Waals surface area contributed by atoms with Gasteiger partial charge in [-0.1, -0.05) is 182 Å². The van der Waals surface area contributed by atoms with Crippen molar-refractivity contribution in [1.82, 2.24) is 29.1 Å². The summed E-state index contributed by atoms with van der Waals surface area (Å²) in [6.07, 6.45) is 0. The number of hydrogen-bond donors (Lipinski definition) is 0. The molecule has 0 fully saturated rings. The third kappa shape index (κ3) is 6.19. The summed E-state index contributed by atoms with van der Waals surface area (Å²) < 4.78 is 4.49. The average Bonchev–Trinajstić information content (AvgIpc) is 3.91. The van der Waals surface area contributed by atoms with E-state index in [1.807, 2.05) is 36.4 Å². The average molecular weight is 843 g/mol. The molecule has 6 nitrogen and oxygen atoms in total. The van der Waals surface area contributed by atoms with Gasteiger partial charge in [-0.3, -0.25) is 9.13 Å². The summed E-state index contributed by atoms with van der Waals surface area (Å²) in [5.74, 6) is 1.32. The highest BCUT2D eigenvalue weighted by Crippen LogP contribution is 2.41. The molecule has 0 aliphatic rings. The molecule has 0 amide bonds. The number of nitrogens with zero attached hydrogens (tertiary/aromatic N) is 6. The fourth-order valence-electron chi connectivity index (χ4n) is 9.65. The topological polar surface area (TPSA) is 61.4 Å². The van der Waals surface area contributed by atoms with Gasteiger partial charge < -0.3 is 0 Å². The van der Waals surface area contributed by atoms with Crippen LogP contribution in [0.1, 0.15) is 0 Å². The minimum atomic E-state index is 0.633. The monoisotopic (exact) mass is 842 g/mol. The van der Waals surface area contributed by atoms with Crippen LogP contribution in [0, 0.1) is 0 Å². The summed E-state index contributed by atoms with van der Waals surface area (Å²) in [5, 5.41) is 5.37. The van der Waals surface area contributed by atoms with Gasteiger partial charge >= 0.3 is 0 Å². The molecule has 0 spiro atoms. The maximum atomic E-state index is 5.38. The normalized spacial score (nSPS) is 11.6. The molecule has 4 heterocycles. The Balaban J connectivity index is 0.999. The minimum absolute atomic E-state index is 0.633. The van der Waals surface area contributed by atoms with Gasteiger partial charge in [-0.05, 0) is 70.8 Å². The van der Waals surface area contributed by atoms with E-state index in [0.717, 1.165) is 99.5 Å². The highest BCUT2D eigenvalue weighted by molar-refractivity contribution is 6.16. The van der Waals surface area contributed by atoms with E-state index >= 15 is 0 Å². The minimum Gasteiger partial charge on any atom is -0.294 e. The van der Waals surface area contributed by atoms with E-state index in [9.17, 15) is 0 Å². The Morgan fingerprint density at radius 3 is 1.50 bits per heavy atom. The highest BCUT2D eigenvalue weighted by atomic mass is 15.2. The van der Waals surface area contributed by atoms with Crippen molar-refractivity contribution < 1.29 is 0 Å². The first kappa shape index (κ1) is 37.5. The van der Waals surface area contributed by atoms with Gasteiger partial charge in [-0.25, -0.2) is 19.9 Å². The first-order valence-corrected chi connectivity index (χ1v) is 22.2. The Labute approximate surface area is 380 Å². The fraction of sp³-hybridized carbons (Fsp3) is 0. The molecule has 0 N–H and O–H groups in total. The Kier molecular flexibility index (Phi) is 8.74. The van der Waals surface area contributed by atoms with Gasteiger partial charge in [-0.2, -0.15) is 0 Å². The summed E-state index contributed by atoms with van der Waals surface area (Å²) in [6.45, 7) is 0. The number of para-hydroxylation sites is 3. The second-order valence-electron chi connectivity index (χ2n) is 16.6. The Bertz CT molecular complexity index is 3950. The fourth-order valence-corrected chi connectivity index (χ4v) is 9.65. The second kappa shape index (κ2) is 15.4. The van der Waals surface area contributed by atoms with Crippen molar-refractivity contribution in [3.05, 3.63) is 231 Å². The van der Waals surface area contributed by atoms with Gasteiger partial charge in [0.1, 0.15) is 5.65 Å². The molecule has 0 aliphatic carbocycles. The van der Waals surface area contributed by atoms with Gasteiger partial charge in [-0.15, -0.1) is 0 Å². The third-order valence-corrected chi connectivity index (χ3v) is 12.8. The largest absolute Gasteiger partial charge is 0.294 e. The molecule has 6 heteroatoms. The van der Waals surface area contributed by atoms with Crippen molar-refractivity contribution in [1.29, 1.82) is 0 Å². The molecule has 308 valence electrons. The van der Waals surface area contributed by atoms with E-state index < -0.39 is 0 Å². The number of rotatable bonds is 7. The van der Waals surface area contributed by atoms with E-state index in [0.29, 0.717) is 11.8 Å². The zero-order chi connectivity index (χ0) is 43.6. The van der Waals surface area contributed by atoms with E-state index in [-0.39, 0.29) is 0 Å². The van der Waals surface area contributed by atoms with Crippen molar-refractivity contribution in [2.24, 2.45) is 0 Å². The standard InChI is InChI=1S/C60H38N6/c1-5-17-39(18-6-1)40-29-31-42(32-30-40)56-48-26-13-15-27-51(48)61-60(63-56)66-52-28-16-14-25-47(52)49-37-44(33-35-53(49)66)45-34-36-54-50(38-45)55-57(41-19-7-2-8-20-41)62-58(43-21-9-3-10-22-43)64-59(55)65(54)46-23-11-4-12-24-46/h1-38H. The number of fused-ring (bicyclic) bond motifs is 7. The lowest BCUT2D eigenvalue weighted by atomic mass is 9.99. The van der Waals surface area contributed by atoms with Crippen LogP contribution < -0.4 is 0 Å². The van der Waals surface area contributed by atoms with Crippen molar-refractivity contribution >= 4 is 54.6 Å². The summed E-state index contributed by atoms with van der Waals surface area (Å²) in [4.78, 5) is 21.3. The van der Waals surface area contributed by atoms with Crippen LogP contribution in [-0.4, -0.2) is 29.1 Å². The van der Waals surface area contributed by atoms with Crippen LogP contribution in [0.3, 0.4) is 0 Å². The van der Waals surface area contributed by atoms with Crippen molar-refractivity contribution in [3.63, 3.8) is 0 Å². The van der Waals surface area contributed by atoms with E-state index in [4.69, 9.17) is 19.9 Å². The van der Waals surface area contributed by atoms with Crippen molar-refractivity contribution in [2.75, 3.05) is 0 Å². The summed E-state index contributed by atoms with van der Waals surface area (Å²) in [5.41, 5.74) is 15.3. The van der Waals surface area contributed by atoms with Crippen LogP contribution in [0.2, 0.25) is 0 Å². The molecule has 13 aromatic rings. The molecule has 0 atom stereocenters. The van der Waals surface area contributed by atoms with Gasteiger partial charge in [0.05, 0.1) is 38.8 Å². The molecule has 66 heavy (non-hydrogen) atoms. The Morgan fingerprint density at radius 1 is 0.288 bits per heavy atom. The molecule has 0 unspecified atom stereocenters. The summed E-state index contributed by atoms with van der Waals surface area (Å²) in [7, 11) is 0. The molecule has 0 bridgehead atoms. The highest BCUT2D eigenvalue weighted by Gasteiger charge is 2.23. The lowest BCUT2D eigenvalue weighted by Gasteiger charge is -2.12. The number of benzene rings is 9. The van der Waals surface area contributed by atoms with E-state index in [2.05, 4.69) is 203 Å². The van der Waals surface area contributed by atoms with Crippen LogP contribution in [0.15, 0.2) is 231 Å². The molecule has 4 aromatic heterocycles. The van der Waals surface area contributed by atoms with Crippen molar-refractivity contribution in [2.45, 2.75) is 0 Å². The van der Waals surface area contributed by atoms with Crippen LogP contribution in [0.5, 0.6) is 0 Å². The molecule has 13 rings (SSSR count). The van der Waals surface area contributed by atoms with E-state index in [1.54, 1.807) is 0 Å². The summed E-state index contributed by atoms with van der Waals surface area (Å²) in [6, 6.07) is 80.8. The zero-order valence-electron chi connectivity index (χ0n) is 35.6. The molecule has 0 saturated carbocycles. The van der Waals surface area contributed by atoms with Gasteiger partial charge in [0, 0.05) is 43.9 Å². The Hall–Kier alpha value is -9.00. The molecule has 0 radical (unpaired) electrons. The van der Waals surface area contributed by atoms with Gasteiger partial charge in [0.2, 0.25) is 5.95 Å². The molecule has 0 aliphatic heterocycles. The lowest BCUT2D eigenvalue weighted by Crippen LogP contribution is -2.03. The first-order chi connectivity index (χ1) is 32.7. The smallest absolute Gasteiger partial charge is 0.235 e. The predicted molar refractivity (Wildman–Crippen MR) is 271 cm³/mol. The first-order valence-electron chi connectivity index (χ1n) is 22.2. The molecule has 9 aromatic carbocycles. The molecular formula is C60H38N6. The van der Waals surface area contributed by atoms with Crippen LogP contribution >= 0.6 is 0 Å². The van der Waals surface area contributed by atoms with Gasteiger partial charge in [0.25, 0.3) is 0 Å². The lowest BCUT2D eigenvalue weighted by molar-refractivity contribution is 1.01. The quantitative estimate of drug-likeness (QED) is 0.160. The SMILES string of the molecule is c1ccc(-c2ccc(-c3nc(-n4c5ccccc5c5cc(-c6ccc7c(c6)c6c(-c8ccccc8)nc(-c8ccccc8)nc6n7-c6ccccc6)ccc54)nc4ccccc34)cc2)cc1. The number of aromatic nitrogens is 6. The maximum Gasteiger partial charge on any atom is 0.235 e. The number of hydrogen-bond acceptors (Lipinski definition) is 4. The molecular weight excluding hydrogens is 805 g/mol. The predicted octanol–water partition coefficient (Wildman–Crippen LogP) is 14.9. The van der Waals surface area contributed by atoms with Crippen LogP contribution in [0.4, 0.5) is 0 Å². The van der Waals surface area contributed by atoms with Crippen molar-refractivity contribution in [3.8, 4) is 67.8 Å². The Morgan fingerprint density at radius 2 is 0.788 bits per heavy atom. The second-order valence-corrected chi connectivity index (χ2v) is 16.6. The third-order valence-electron chi connectivity index (χ3n) is 12.8. The van der Waals surface area contributed by atoms with Crippen LogP contribution in [-0.2, 0) is 0 Å². The zero-order valence-corrected chi connectivity index (χ0v) is 35.6. The molecule has 0 saturated heterocycles. The van der Waals surface area contributed by atoms with Crippen LogP contribution in [0.25, 0.3) is 122 Å². The van der Waals surface area contributed by atoms with E-state index in [1.165, 1.54) is 11.1 Å². The maximum absolute atomic E-state index is 5.38.